The quantitative estimate of drug-likeness (QED) is 0.840. The number of anilines is 3. The van der Waals surface area contributed by atoms with Crippen LogP contribution in [0.5, 0.6) is 0 Å². The highest BCUT2D eigenvalue weighted by Gasteiger charge is 2.34. The third kappa shape index (κ3) is 4.04. The number of benzene rings is 1. The smallest absolute Gasteiger partial charge is 0.351 e. The Bertz CT molecular complexity index is 729. The normalized spacial score (nSPS) is 14.7. The number of hydrogen-bond acceptors (Lipinski definition) is 4. The highest BCUT2D eigenvalue weighted by Crippen LogP contribution is 2.37. The van der Waals surface area contributed by atoms with Crippen LogP contribution in [-0.2, 0) is 6.18 Å². The zero-order valence-electron chi connectivity index (χ0n) is 12.2. The van der Waals surface area contributed by atoms with E-state index in [4.69, 9.17) is 11.6 Å². The lowest BCUT2D eigenvalue weighted by Gasteiger charge is -2.15. The first-order valence-corrected chi connectivity index (χ1v) is 7.45. The van der Waals surface area contributed by atoms with E-state index in [1.807, 2.05) is 0 Å². The Labute approximate surface area is 136 Å². The van der Waals surface area contributed by atoms with Crippen LogP contribution in [0.4, 0.5) is 30.6 Å². The molecule has 1 aliphatic rings. The summed E-state index contributed by atoms with van der Waals surface area (Å²) < 4.78 is 39.4. The number of hydrogen-bond donors (Lipinski definition) is 2. The standard InChI is InChI=1S/C15H14ClF3N4/c1-8-6-13(23-14(20-8)21-10-3-4-10)22-12-5-2-9(16)7-11(12)15(17,18)19/h2,5-7,10H,3-4H2,1H3,(H2,20,21,22,23). The number of nitrogens with one attached hydrogen (secondary N) is 2. The lowest BCUT2D eigenvalue weighted by molar-refractivity contribution is -0.136. The predicted octanol–water partition coefficient (Wildman–Crippen LogP) is 4.78. The molecule has 0 radical (unpaired) electrons. The molecule has 4 nitrogen and oxygen atoms in total. The second-order valence-electron chi connectivity index (χ2n) is 5.45. The van der Waals surface area contributed by atoms with Crippen molar-refractivity contribution in [2.75, 3.05) is 10.6 Å². The molecule has 3 rings (SSSR count). The van der Waals surface area contributed by atoms with Gasteiger partial charge in [-0.25, -0.2) is 4.98 Å². The van der Waals surface area contributed by atoms with Gasteiger partial charge in [0.1, 0.15) is 5.82 Å². The van der Waals surface area contributed by atoms with Crippen molar-refractivity contribution in [1.29, 1.82) is 0 Å². The van der Waals surface area contributed by atoms with Gasteiger partial charge in [-0.15, -0.1) is 0 Å². The van der Waals surface area contributed by atoms with Crippen LogP contribution >= 0.6 is 11.6 Å². The van der Waals surface area contributed by atoms with E-state index in [1.165, 1.54) is 12.1 Å². The molecule has 8 heteroatoms. The summed E-state index contributed by atoms with van der Waals surface area (Å²) in [6.07, 6.45) is -2.41. The Morgan fingerprint density at radius 2 is 1.91 bits per heavy atom. The molecule has 122 valence electrons. The number of rotatable bonds is 4. The molecule has 0 aliphatic heterocycles. The maximum absolute atomic E-state index is 13.1. The van der Waals surface area contributed by atoms with E-state index in [1.54, 1.807) is 13.0 Å². The van der Waals surface area contributed by atoms with Gasteiger partial charge in [0, 0.05) is 22.8 Å². The molecule has 0 atom stereocenters. The predicted molar refractivity (Wildman–Crippen MR) is 83.2 cm³/mol. The van der Waals surface area contributed by atoms with E-state index in [0.29, 0.717) is 23.5 Å². The monoisotopic (exact) mass is 342 g/mol. The van der Waals surface area contributed by atoms with Crippen molar-refractivity contribution < 1.29 is 13.2 Å². The Kier molecular flexibility index (Phi) is 4.06. The summed E-state index contributed by atoms with van der Waals surface area (Å²) in [5.41, 5.74) is -0.275. The zero-order chi connectivity index (χ0) is 16.6. The zero-order valence-corrected chi connectivity index (χ0v) is 13.0. The van der Waals surface area contributed by atoms with Crippen LogP contribution in [-0.4, -0.2) is 16.0 Å². The summed E-state index contributed by atoms with van der Waals surface area (Å²) in [7, 11) is 0. The molecule has 0 unspecified atom stereocenters. The highest BCUT2D eigenvalue weighted by molar-refractivity contribution is 6.30. The summed E-state index contributed by atoms with van der Waals surface area (Å²) in [4.78, 5) is 8.46. The summed E-state index contributed by atoms with van der Waals surface area (Å²) in [6, 6.07) is 5.52. The number of alkyl halides is 3. The highest BCUT2D eigenvalue weighted by atomic mass is 35.5. The molecule has 1 aromatic heterocycles. The number of halogens is 4. The second kappa shape index (κ2) is 5.88. The Hall–Kier alpha value is -2.02. The maximum atomic E-state index is 13.1. The van der Waals surface area contributed by atoms with Crippen LogP contribution in [0.15, 0.2) is 24.3 Å². The minimum atomic E-state index is -4.51. The molecule has 2 aromatic rings. The van der Waals surface area contributed by atoms with Crippen molar-refractivity contribution in [1.82, 2.24) is 9.97 Å². The first-order chi connectivity index (χ1) is 10.8. The molecular weight excluding hydrogens is 329 g/mol. The summed E-state index contributed by atoms with van der Waals surface area (Å²) >= 11 is 5.68. The van der Waals surface area contributed by atoms with Gasteiger partial charge in [-0.2, -0.15) is 18.2 Å². The summed E-state index contributed by atoms with van der Waals surface area (Å²) in [6.45, 7) is 1.76. The topological polar surface area (TPSA) is 49.8 Å². The van der Waals surface area contributed by atoms with Gasteiger partial charge in [0.2, 0.25) is 5.95 Å². The van der Waals surface area contributed by atoms with Crippen molar-refractivity contribution in [2.45, 2.75) is 32.0 Å². The summed E-state index contributed by atoms with van der Waals surface area (Å²) in [5.74, 6) is 0.714. The van der Waals surface area contributed by atoms with E-state index in [9.17, 15) is 13.2 Å². The van der Waals surface area contributed by atoms with Gasteiger partial charge in [-0.3, -0.25) is 0 Å². The van der Waals surface area contributed by atoms with E-state index >= 15 is 0 Å². The van der Waals surface area contributed by atoms with E-state index < -0.39 is 11.7 Å². The average molecular weight is 343 g/mol. The molecule has 0 amide bonds. The molecule has 1 aliphatic carbocycles. The van der Waals surface area contributed by atoms with E-state index in [-0.39, 0.29) is 10.7 Å². The maximum Gasteiger partial charge on any atom is 0.418 e. The van der Waals surface area contributed by atoms with Crippen molar-refractivity contribution in [3.8, 4) is 0 Å². The number of aryl methyl sites for hydroxylation is 1. The Morgan fingerprint density at radius 3 is 2.57 bits per heavy atom. The van der Waals surface area contributed by atoms with Crippen LogP contribution in [0.2, 0.25) is 5.02 Å². The van der Waals surface area contributed by atoms with Crippen LogP contribution in [0.25, 0.3) is 0 Å². The fourth-order valence-corrected chi connectivity index (χ4v) is 2.28. The molecule has 1 heterocycles. The molecule has 2 N–H and O–H groups in total. The summed E-state index contributed by atoms with van der Waals surface area (Å²) in [5, 5.41) is 5.87. The van der Waals surface area contributed by atoms with E-state index in [2.05, 4.69) is 20.6 Å². The van der Waals surface area contributed by atoms with Gasteiger partial charge in [0.05, 0.1) is 11.3 Å². The number of nitrogens with zero attached hydrogens (tertiary/aromatic N) is 2. The SMILES string of the molecule is Cc1cc(Nc2ccc(Cl)cc2C(F)(F)F)nc(NC2CC2)n1. The first kappa shape index (κ1) is 15.9. The van der Waals surface area contributed by atoms with Gasteiger partial charge in [-0.05, 0) is 38.0 Å². The van der Waals surface area contributed by atoms with Gasteiger partial charge >= 0.3 is 6.18 Å². The van der Waals surface area contributed by atoms with Gasteiger partial charge in [0.15, 0.2) is 0 Å². The third-order valence-electron chi connectivity index (χ3n) is 3.31. The number of aromatic nitrogens is 2. The van der Waals surface area contributed by atoms with Gasteiger partial charge in [0.25, 0.3) is 0 Å². The molecular formula is C15H14ClF3N4. The van der Waals surface area contributed by atoms with E-state index in [0.717, 1.165) is 18.9 Å². The third-order valence-corrected chi connectivity index (χ3v) is 3.55. The van der Waals surface area contributed by atoms with Crippen LogP contribution in [0.3, 0.4) is 0 Å². The molecule has 1 saturated carbocycles. The van der Waals surface area contributed by atoms with Crippen molar-refractivity contribution in [3.05, 3.63) is 40.5 Å². The largest absolute Gasteiger partial charge is 0.418 e. The van der Waals surface area contributed by atoms with Gasteiger partial charge in [-0.1, -0.05) is 11.6 Å². The van der Waals surface area contributed by atoms with Crippen molar-refractivity contribution in [2.24, 2.45) is 0 Å². The van der Waals surface area contributed by atoms with Crippen LogP contribution < -0.4 is 10.6 Å². The fourth-order valence-electron chi connectivity index (χ4n) is 2.11. The van der Waals surface area contributed by atoms with Crippen molar-refractivity contribution in [3.63, 3.8) is 0 Å². The molecule has 23 heavy (non-hydrogen) atoms. The Morgan fingerprint density at radius 1 is 1.17 bits per heavy atom. The van der Waals surface area contributed by atoms with Gasteiger partial charge < -0.3 is 10.6 Å². The minimum Gasteiger partial charge on any atom is -0.351 e. The fraction of sp³-hybridized carbons (Fsp3) is 0.333. The molecule has 0 saturated heterocycles. The van der Waals surface area contributed by atoms with Crippen LogP contribution in [0, 0.1) is 6.92 Å². The molecule has 1 fully saturated rings. The molecule has 0 bridgehead atoms. The molecule has 1 aromatic carbocycles. The molecule has 0 spiro atoms. The first-order valence-electron chi connectivity index (χ1n) is 7.07. The van der Waals surface area contributed by atoms with Crippen LogP contribution in [0.1, 0.15) is 24.1 Å². The minimum absolute atomic E-state index is 0.0258. The lowest BCUT2D eigenvalue weighted by atomic mass is 10.1. The second-order valence-corrected chi connectivity index (χ2v) is 5.89. The van der Waals surface area contributed by atoms with Crippen molar-refractivity contribution >= 4 is 29.1 Å². The Balaban J connectivity index is 1.91. The average Bonchev–Trinajstić information content (AvgIpc) is 3.23. The lowest BCUT2D eigenvalue weighted by Crippen LogP contribution is -2.11.